The Balaban J connectivity index is 1.59. The molecule has 148 valence electrons. The zero-order valence-electron chi connectivity index (χ0n) is 16.5. The molecule has 9 heteroatoms. The molecule has 0 unspecified atom stereocenters. The Kier molecular flexibility index (Phi) is 5.98. The number of aromatic nitrogens is 2. The van der Waals surface area contributed by atoms with E-state index in [9.17, 15) is 4.79 Å². The Labute approximate surface area is 166 Å². The number of carbonyl (C=O) groups is 1. The van der Waals surface area contributed by atoms with Gasteiger partial charge >= 0.3 is 7.12 Å². The van der Waals surface area contributed by atoms with E-state index in [0.29, 0.717) is 12.5 Å². The molecule has 3 heterocycles. The number of amides is 1. The van der Waals surface area contributed by atoms with Crippen molar-refractivity contribution in [3.63, 3.8) is 0 Å². The van der Waals surface area contributed by atoms with Crippen LogP contribution in [-0.4, -0.2) is 64.1 Å². The van der Waals surface area contributed by atoms with Gasteiger partial charge in [0.15, 0.2) is 0 Å². The normalized spacial score (nSPS) is 24.1. The van der Waals surface area contributed by atoms with Crippen molar-refractivity contribution in [2.45, 2.75) is 64.2 Å². The van der Waals surface area contributed by atoms with E-state index >= 15 is 0 Å². The van der Waals surface area contributed by atoms with Crippen molar-refractivity contribution in [2.75, 3.05) is 24.3 Å². The maximum atomic E-state index is 12.0. The molecule has 3 rings (SSSR count). The Morgan fingerprint density at radius 3 is 2.48 bits per heavy atom. The molecule has 1 N–H and O–H groups in total. The van der Waals surface area contributed by atoms with Gasteiger partial charge in [-0.05, 0) is 47.0 Å². The van der Waals surface area contributed by atoms with Gasteiger partial charge in [-0.15, -0.1) is 11.6 Å². The van der Waals surface area contributed by atoms with Crippen LogP contribution in [0.2, 0.25) is 0 Å². The average molecular weight is 395 g/mol. The van der Waals surface area contributed by atoms with Crippen LogP contribution < -0.4 is 10.8 Å². The summed E-state index contributed by atoms with van der Waals surface area (Å²) in [7, 11) is -0.473. The molecule has 0 bridgehead atoms. The quantitative estimate of drug-likeness (QED) is 0.606. The number of nitrogens with zero attached hydrogens (tertiary/aromatic N) is 3. The zero-order chi connectivity index (χ0) is 19.7. The number of halogens is 1. The topological polar surface area (TPSA) is 76.6 Å². The van der Waals surface area contributed by atoms with Crippen LogP contribution in [-0.2, 0) is 14.1 Å². The monoisotopic (exact) mass is 394 g/mol. The summed E-state index contributed by atoms with van der Waals surface area (Å²) < 4.78 is 12.0. The third kappa shape index (κ3) is 4.38. The van der Waals surface area contributed by atoms with Crippen molar-refractivity contribution >= 4 is 36.0 Å². The first-order valence-corrected chi connectivity index (χ1v) is 10.0. The lowest BCUT2D eigenvalue weighted by molar-refractivity contribution is -0.131. The highest BCUT2D eigenvalue weighted by Crippen LogP contribution is 2.36. The lowest BCUT2D eigenvalue weighted by Gasteiger charge is -2.35. The SMILES string of the molecule is CC1(C)OB(c2cnc(NC[C@@H]3CCCCN3C(=O)CCl)nc2)OC1(C)C. The van der Waals surface area contributed by atoms with Crippen LogP contribution in [0.15, 0.2) is 12.4 Å². The first kappa shape index (κ1) is 20.4. The van der Waals surface area contributed by atoms with Crippen LogP contribution >= 0.6 is 11.6 Å². The minimum absolute atomic E-state index is 0.0137. The predicted molar refractivity (Wildman–Crippen MR) is 106 cm³/mol. The summed E-state index contributed by atoms with van der Waals surface area (Å²) in [6, 6.07) is 0.122. The van der Waals surface area contributed by atoms with Crippen molar-refractivity contribution in [1.82, 2.24) is 14.9 Å². The predicted octanol–water partition coefficient (Wildman–Crippen LogP) is 1.81. The summed E-state index contributed by atoms with van der Waals surface area (Å²) in [5.41, 5.74) is -0.00192. The Morgan fingerprint density at radius 2 is 1.89 bits per heavy atom. The zero-order valence-corrected chi connectivity index (χ0v) is 17.3. The summed E-state index contributed by atoms with van der Waals surface area (Å²) in [5, 5.41) is 3.23. The smallest absolute Gasteiger partial charge is 0.399 e. The fourth-order valence-electron chi connectivity index (χ4n) is 3.36. The number of hydrogen-bond acceptors (Lipinski definition) is 6. The minimum Gasteiger partial charge on any atom is -0.399 e. The van der Waals surface area contributed by atoms with Gasteiger partial charge in [0.25, 0.3) is 0 Å². The van der Waals surface area contributed by atoms with E-state index in [4.69, 9.17) is 20.9 Å². The number of rotatable bonds is 5. The highest BCUT2D eigenvalue weighted by atomic mass is 35.5. The van der Waals surface area contributed by atoms with Crippen LogP contribution in [0.1, 0.15) is 47.0 Å². The molecule has 2 aliphatic heterocycles. The maximum absolute atomic E-state index is 12.0. The number of alkyl halides is 1. The molecule has 0 radical (unpaired) electrons. The molecule has 0 spiro atoms. The molecule has 1 aromatic rings. The van der Waals surface area contributed by atoms with Gasteiger partial charge in [-0.1, -0.05) is 0 Å². The molecule has 0 aromatic carbocycles. The van der Waals surface area contributed by atoms with Gasteiger partial charge in [-0.25, -0.2) is 9.97 Å². The molecule has 0 saturated carbocycles. The summed E-state index contributed by atoms with van der Waals surface area (Å²) >= 11 is 5.73. The maximum Gasteiger partial charge on any atom is 0.498 e. The highest BCUT2D eigenvalue weighted by molar-refractivity contribution is 6.61. The van der Waals surface area contributed by atoms with Gasteiger partial charge in [-0.2, -0.15) is 0 Å². The summed E-state index contributed by atoms with van der Waals surface area (Å²) in [6.45, 7) is 9.44. The van der Waals surface area contributed by atoms with Gasteiger partial charge in [0.1, 0.15) is 5.88 Å². The Hall–Kier alpha value is -1.38. The van der Waals surface area contributed by atoms with Crippen molar-refractivity contribution < 1.29 is 14.1 Å². The Morgan fingerprint density at radius 1 is 1.26 bits per heavy atom. The molecule has 0 aliphatic carbocycles. The van der Waals surface area contributed by atoms with Crippen LogP contribution in [0, 0.1) is 0 Å². The number of hydrogen-bond donors (Lipinski definition) is 1. The van der Waals surface area contributed by atoms with Crippen molar-refractivity contribution in [3.8, 4) is 0 Å². The van der Waals surface area contributed by atoms with E-state index in [1.807, 2.05) is 32.6 Å². The number of carbonyl (C=O) groups excluding carboxylic acids is 1. The molecule has 27 heavy (non-hydrogen) atoms. The second-order valence-electron chi connectivity index (χ2n) is 8.18. The number of anilines is 1. The molecular weight excluding hydrogens is 366 g/mol. The number of likely N-dealkylation sites (tertiary alicyclic amines) is 1. The summed E-state index contributed by atoms with van der Waals surface area (Å²) in [6.07, 6.45) is 6.54. The van der Waals surface area contributed by atoms with Crippen molar-refractivity contribution in [1.29, 1.82) is 0 Å². The summed E-state index contributed by atoms with van der Waals surface area (Å²) in [4.78, 5) is 22.6. The fourth-order valence-corrected chi connectivity index (χ4v) is 3.51. The minimum atomic E-state index is -0.473. The number of piperidine rings is 1. The van der Waals surface area contributed by atoms with E-state index in [1.165, 1.54) is 0 Å². The van der Waals surface area contributed by atoms with Crippen LogP contribution in [0.3, 0.4) is 0 Å². The lowest BCUT2D eigenvalue weighted by Crippen LogP contribution is -2.47. The largest absolute Gasteiger partial charge is 0.498 e. The van der Waals surface area contributed by atoms with Crippen molar-refractivity contribution in [3.05, 3.63) is 12.4 Å². The Bertz CT molecular complexity index is 655. The molecule has 1 amide bonds. The second kappa shape index (κ2) is 7.93. The standard InChI is InChI=1S/C18H28BClN4O3/c1-17(2)18(3,4)27-19(26-17)13-10-21-16(22-11-13)23-12-14-7-5-6-8-24(14)15(25)9-20/h10-11,14H,5-9,12H2,1-4H3,(H,21,22,23)/t14-/m0/s1. The second-order valence-corrected chi connectivity index (χ2v) is 8.45. The third-order valence-corrected chi connectivity index (χ3v) is 5.98. The highest BCUT2D eigenvalue weighted by Gasteiger charge is 2.51. The van der Waals surface area contributed by atoms with Gasteiger partial charge in [0, 0.05) is 37.0 Å². The van der Waals surface area contributed by atoms with Gasteiger partial charge < -0.3 is 19.5 Å². The first-order chi connectivity index (χ1) is 12.7. The van der Waals surface area contributed by atoms with Gasteiger partial charge in [0.2, 0.25) is 11.9 Å². The van der Waals surface area contributed by atoms with E-state index in [1.54, 1.807) is 12.4 Å². The molecule has 2 aliphatic rings. The van der Waals surface area contributed by atoms with Crippen LogP contribution in [0.25, 0.3) is 0 Å². The average Bonchev–Trinajstić information content (AvgIpc) is 2.87. The lowest BCUT2D eigenvalue weighted by atomic mass is 9.81. The van der Waals surface area contributed by atoms with E-state index in [0.717, 1.165) is 31.3 Å². The van der Waals surface area contributed by atoms with Gasteiger partial charge in [-0.3, -0.25) is 4.79 Å². The molecule has 7 nitrogen and oxygen atoms in total. The molecule has 2 saturated heterocycles. The van der Waals surface area contributed by atoms with Gasteiger partial charge in [0.05, 0.1) is 11.2 Å². The summed E-state index contributed by atoms with van der Waals surface area (Å²) in [5.74, 6) is 0.537. The van der Waals surface area contributed by atoms with Crippen LogP contribution in [0.5, 0.6) is 0 Å². The molecule has 1 aromatic heterocycles. The van der Waals surface area contributed by atoms with Crippen molar-refractivity contribution in [2.24, 2.45) is 0 Å². The fraction of sp³-hybridized carbons (Fsp3) is 0.722. The van der Waals surface area contributed by atoms with Crippen LogP contribution in [0.4, 0.5) is 5.95 Å². The molecule has 1 atom stereocenters. The first-order valence-electron chi connectivity index (χ1n) is 9.50. The third-order valence-electron chi connectivity index (χ3n) is 5.75. The van der Waals surface area contributed by atoms with E-state index in [2.05, 4.69) is 15.3 Å². The van der Waals surface area contributed by atoms with E-state index < -0.39 is 18.3 Å². The molecule has 2 fully saturated rings. The number of nitrogens with one attached hydrogen (secondary N) is 1. The molecular formula is C18H28BClN4O3. The van der Waals surface area contributed by atoms with E-state index in [-0.39, 0.29) is 17.8 Å².